The van der Waals surface area contributed by atoms with Crippen LogP contribution in [0.1, 0.15) is 25.7 Å². The van der Waals surface area contributed by atoms with E-state index >= 15 is 0 Å². The molecule has 7 nitrogen and oxygen atoms in total. The second-order valence-electron chi connectivity index (χ2n) is 9.35. The third-order valence-corrected chi connectivity index (χ3v) is 6.76. The first-order valence-corrected chi connectivity index (χ1v) is 13.1. The van der Waals surface area contributed by atoms with Crippen molar-refractivity contribution in [3.05, 3.63) is 78.9 Å². The van der Waals surface area contributed by atoms with Crippen molar-refractivity contribution in [3.63, 3.8) is 0 Å². The zero-order chi connectivity index (χ0) is 26.2. The van der Waals surface area contributed by atoms with Gasteiger partial charge < -0.3 is 24.8 Å². The molecule has 3 aromatic carbocycles. The maximum absolute atomic E-state index is 5.99. The maximum Gasteiger partial charge on any atom is 0.228 e. The highest BCUT2D eigenvalue weighted by atomic mass is 16.5. The zero-order valence-electron chi connectivity index (χ0n) is 21.9. The average Bonchev–Trinajstić information content (AvgIpc) is 2.98. The van der Waals surface area contributed by atoms with Gasteiger partial charge in [0.2, 0.25) is 5.95 Å². The SMILES string of the molecule is COc1ccc(-c2cc(-c3ccc(OC)cc3)nc(Nc3ccc(OCCC4CCCCN4)cc3)n2)cc1. The molecule has 38 heavy (non-hydrogen) atoms. The normalized spacial score (nSPS) is 15.1. The molecule has 1 aliphatic heterocycles. The summed E-state index contributed by atoms with van der Waals surface area (Å²) in [5, 5.41) is 6.94. The van der Waals surface area contributed by atoms with E-state index in [1.54, 1.807) is 14.2 Å². The van der Waals surface area contributed by atoms with Crippen LogP contribution in [-0.4, -0.2) is 43.4 Å². The Balaban J connectivity index is 1.33. The highest BCUT2D eigenvalue weighted by molar-refractivity contribution is 5.71. The zero-order valence-corrected chi connectivity index (χ0v) is 21.9. The summed E-state index contributed by atoms with van der Waals surface area (Å²) in [7, 11) is 3.32. The smallest absolute Gasteiger partial charge is 0.228 e. The van der Waals surface area contributed by atoms with E-state index in [9.17, 15) is 0 Å². The largest absolute Gasteiger partial charge is 0.497 e. The molecule has 1 aromatic heterocycles. The maximum atomic E-state index is 5.99. The summed E-state index contributed by atoms with van der Waals surface area (Å²) in [5.41, 5.74) is 4.46. The van der Waals surface area contributed by atoms with Crippen LogP contribution in [0, 0.1) is 0 Å². The van der Waals surface area contributed by atoms with Gasteiger partial charge in [-0.15, -0.1) is 0 Å². The number of nitrogens with zero attached hydrogens (tertiary/aromatic N) is 2. The van der Waals surface area contributed by atoms with Crippen LogP contribution >= 0.6 is 0 Å². The Bertz CT molecular complexity index is 1240. The summed E-state index contributed by atoms with van der Waals surface area (Å²) in [6.45, 7) is 1.83. The number of nitrogens with one attached hydrogen (secondary N) is 2. The number of piperidine rings is 1. The fourth-order valence-electron chi connectivity index (χ4n) is 4.58. The van der Waals surface area contributed by atoms with Crippen molar-refractivity contribution in [2.45, 2.75) is 31.7 Å². The predicted molar refractivity (Wildman–Crippen MR) is 151 cm³/mol. The van der Waals surface area contributed by atoms with Gasteiger partial charge in [0.15, 0.2) is 0 Å². The Morgan fingerprint density at radius 3 is 1.87 bits per heavy atom. The third-order valence-electron chi connectivity index (χ3n) is 6.76. The molecule has 7 heteroatoms. The first kappa shape index (κ1) is 25.5. The van der Waals surface area contributed by atoms with E-state index < -0.39 is 0 Å². The van der Waals surface area contributed by atoms with Gasteiger partial charge in [0.1, 0.15) is 17.2 Å². The van der Waals surface area contributed by atoms with E-state index in [1.165, 1.54) is 19.3 Å². The molecule has 1 saturated heterocycles. The van der Waals surface area contributed by atoms with Gasteiger partial charge in [-0.3, -0.25) is 0 Å². The van der Waals surface area contributed by atoms with E-state index in [4.69, 9.17) is 24.2 Å². The lowest BCUT2D eigenvalue weighted by atomic mass is 10.0. The number of aromatic nitrogens is 2. The van der Waals surface area contributed by atoms with E-state index in [0.717, 1.165) is 58.4 Å². The first-order chi connectivity index (χ1) is 18.7. The summed E-state index contributed by atoms with van der Waals surface area (Å²) >= 11 is 0. The third kappa shape index (κ3) is 6.61. The molecule has 5 rings (SSSR count). The summed E-state index contributed by atoms with van der Waals surface area (Å²) in [4.78, 5) is 9.62. The van der Waals surface area contributed by atoms with Gasteiger partial charge in [0.25, 0.3) is 0 Å². The predicted octanol–water partition coefficient (Wildman–Crippen LogP) is 6.48. The highest BCUT2D eigenvalue weighted by Gasteiger charge is 2.13. The van der Waals surface area contributed by atoms with Crippen molar-refractivity contribution in [3.8, 4) is 39.8 Å². The van der Waals surface area contributed by atoms with Gasteiger partial charge >= 0.3 is 0 Å². The molecule has 0 aliphatic carbocycles. The van der Waals surface area contributed by atoms with E-state index in [2.05, 4.69) is 10.6 Å². The standard InChI is InChI=1S/C31H34N4O3/c1-36-26-12-6-22(7-13-26)29-21-30(23-8-14-27(37-2)15-9-23)35-31(34-29)33-25-10-16-28(17-11-25)38-20-18-24-5-3-4-19-32-24/h6-17,21,24,32H,3-5,18-20H2,1-2H3,(H,33,34,35). The van der Waals surface area contributed by atoms with Gasteiger partial charge in [0.05, 0.1) is 32.2 Å². The summed E-state index contributed by atoms with van der Waals surface area (Å²) < 4.78 is 16.6. The van der Waals surface area contributed by atoms with Crippen LogP contribution < -0.4 is 24.8 Å². The van der Waals surface area contributed by atoms with Crippen LogP contribution in [0.2, 0.25) is 0 Å². The van der Waals surface area contributed by atoms with Crippen LogP contribution in [0.25, 0.3) is 22.5 Å². The summed E-state index contributed by atoms with van der Waals surface area (Å²) in [6, 6.07) is 26.2. The molecular weight excluding hydrogens is 476 g/mol. The minimum Gasteiger partial charge on any atom is -0.497 e. The van der Waals surface area contributed by atoms with Crippen molar-refractivity contribution in [1.29, 1.82) is 0 Å². The van der Waals surface area contributed by atoms with Gasteiger partial charge in [-0.1, -0.05) is 6.42 Å². The number of methoxy groups -OCH3 is 2. The molecule has 0 bridgehead atoms. The fraction of sp³-hybridized carbons (Fsp3) is 0.290. The van der Waals surface area contributed by atoms with Gasteiger partial charge in [-0.25, -0.2) is 9.97 Å². The van der Waals surface area contributed by atoms with Crippen molar-refractivity contribution in [1.82, 2.24) is 15.3 Å². The molecular formula is C31H34N4O3. The average molecular weight is 511 g/mol. The fourth-order valence-corrected chi connectivity index (χ4v) is 4.58. The van der Waals surface area contributed by atoms with E-state index in [1.807, 2.05) is 78.9 Å². The van der Waals surface area contributed by atoms with Crippen molar-refractivity contribution in [2.24, 2.45) is 0 Å². The van der Waals surface area contributed by atoms with Crippen LogP contribution in [0.4, 0.5) is 11.6 Å². The second-order valence-corrected chi connectivity index (χ2v) is 9.35. The van der Waals surface area contributed by atoms with Crippen molar-refractivity contribution < 1.29 is 14.2 Å². The first-order valence-electron chi connectivity index (χ1n) is 13.1. The molecule has 4 aromatic rings. The Hall–Kier alpha value is -4.10. The second kappa shape index (κ2) is 12.4. The van der Waals surface area contributed by atoms with Crippen LogP contribution in [0.5, 0.6) is 17.2 Å². The molecule has 2 heterocycles. The van der Waals surface area contributed by atoms with E-state index in [-0.39, 0.29) is 0 Å². The topological polar surface area (TPSA) is 77.5 Å². The lowest BCUT2D eigenvalue weighted by Crippen LogP contribution is -2.35. The monoisotopic (exact) mass is 510 g/mol. The molecule has 1 aliphatic rings. The highest BCUT2D eigenvalue weighted by Crippen LogP contribution is 2.29. The quantitative estimate of drug-likeness (QED) is 0.253. The minimum atomic E-state index is 0.515. The number of hydrogen-bond acceptors (Lipinski definition) is 7. The number of rotatable bonds is 10. The molecule has 0 saturated carbocycles. The molecule has 1 atom stereocenters. The molecule has 0 spiro atoms. The van der Waals surface area contributed by atoms with Crippen LogP contribution in [0.3, 0.4) is 0 Å². The number of ether oxygens (including phenoxy) is 3. The Morgan fingerprint density at radius 1 is 0.763 bits per heavy atom. The molecule has 1 fully saturated rings. The minimum absolute atomic E-state index is 0.515. The Labute approximate surface area is 224 Å². The Kier molecular flexibility index (Phi) is 8.36. The summed E-state index contributed by atoms with van der Waals surface area (Å²) in [5.74, 6) is 2.97. The number of hydrogen-bond donors (Lipinski definition) is 2. The van der Waals surface area contributed by atoms with Crippen LogP contribution in [-0.2, 0) is 0 Å². The molecule has 196 valence electrons. The van der Waals surface area contributed by atoms with Crippen LogP contribution in [0.15, 0.2) is 78.9 Å². The van der Waals surface area contributed by atoms with Gasteiger partial charge in [-0.05, 0) is 105 Å². The van der Waals surface area contributed by atoms with Gasteiger partial charge in [0, 0.05) is 22.9 Å². The molecule has 2 N–H and O–H groups in total. The molecule has 0 radical (unpaired) electrons. The lowest BCUT2D eigenvalue weighted by Gasteiger charge is -2.23. The molecule has 0 amide bonds. The van der Waals surface area contributed by atoms with E-state index in [0.29, 0.717) is 18.6 Å². The van der Waals surface area contributed by atoms with Gasteiger partial charge in [-0.2, -0.15) is 0 Å². The lowest BCUT2D eigenvalue weighted by molar-refractivity contribution is 0.268. The molecule has 1 unspecified atom stereocenters. The Morgan fingerprint density at radius 2 is 1.34 bits per heavy atom. The summed E-state index contributed by atoms with van der Waals surface area (Å²) in [6.07, 6.45) is 4.85. The van der Waals surface area contributed by atoms with Crippen molar-refractivity contribution in [2.75, 3.05) is 32.7 Å². The number of anilines is 2. The number of benzene rings is 3. The van der Waals surface area contributed by atoms with Crippen molar-refractivity contribution >= 4 is 11.6 Å².